The van der Waals surface area contributed by atoms with Gasteiger partial charge in [-0.2, -0.15) is 0 Å². The average Bonchev–Trinajstić information content (AvgIpc) is 3.40. The minimum absolute atomic E-state index is 0.0610. The summed E-state index contributed by atoms with van der Waals surface area (Å²) in [6, 6.07) is 13.6. The molecule has 0 unspecified atom stereocenters. The highest BCUT2D eigenvalue weighted by Crippen LogP contribution is 2.42. The van der Waals surface area contributed by atoms with Gasteiger partial charge in [0.05, 0.1) is 17.0 Å². The summed E-state index contributed by atoms with van der Waals surface area (Å²) in [5, 5.41) is 2.74. The highest BCUT2D eigenvalue weighted by atomic mass is 32.1. The number of aromatic nitrogens is 1. The maximum absolute atomic E-state index is 13.4. The summed E-state index contributed by atoms with van der Waals surface area (Å²) in [6.07, 6.45) is 3.30. The number of amides is 1. The number of rotatable bonds is 5. The Hall–Kier alpha value is -3.71. The Bertz CT molecular complexity index is 1310. The number of carbonyl (C=O) groups excluding carboxylic acids is 1. The molecule has 6 nitrogen and oxygen atoms in total. The van der Waals surface area contributed by atoms with Gasteiger partial charge in [-0.3, -0.25) is 14.5 Å². The first kappa shape index (κ1) is 18.3. The summed E-state index contributed by atoms with van der Waals surface area (Å²) in [5.41, 5.74) is 1.28. The predicted octanol–water partition coefficient (Wildman–Crippen LogP) is 4.56. The van der Waals surface area contributed by atoms with E-state index in [1.807, 2.05) is 24.3 Å². The summed E-state index contributed by atoms with van der Waals surface area (Å²) in [6.45, 7) is 4.04. The van der Waals surface area contributed by atoms with E-state index in [9.17, 15) is 9.59 Å². The lowest BCUT2D eigenvalue weighted by Gasteiger charge is -2.22. The lowest BCUT2D eigenvalue weighted by Crippen LogP contribution is -2.29. The average molecular weight is 416 g/mol. The van der Waals surface area contributed by atoms with Gasteiger partial charge in [-0.1, -0.05) is 36.9 Å². The molecule has 5 rings (SSSR count). The maximum atomic E-state index is 13.4. The SMILES string of the molecule is C=CCOc1ccc([C@@H]2c3c(oc4ccccc4c3=O)C(=O)N2c2nccs2)cc1. The van der Waals surface area contributed by atoms with Gasteiger partial charge >= 0.3 is 0 Å². The second-order valence-corrected chi connectivity index (χ2v) is 7.60. The monoisotopic (exact) mass is 416 g/mol. The highest BCUT2D eigenvalue weighted by Gasteiger charge is 2.44. The molecule has 1 atom stereocenters. The van der Waals surface area contributed by atoms with Crippen LogP contribution in [0.4, 0.5) is 5.13 Å². The molecule has 148 valence electrons. The largest absolute Gasteiger partial charge is 0.490 e. The number of anilines is 1. The van der Waals surface area contributed by atoms with Crippen LogP contribution in [-0.4, -0.2) is 17.5 Å². The van der Waals surface area contributed by atoms with Gasteiger partial charge in [0.25, 0.3) is 5.91 Å². The van der Waals surface area contributed by atoms with Crippen molar-refractivity contribution in [2.75, 3.05) is 11.5 Å². The van der Waals surface area contributed by atoms with Gasteiger partial charge in [0.15, 0.2) is 10.6 Å². The number of benzene rings is 2. The molecule has 30 heavy (non-hydrogen) atoms. The molecule has 3 heterocycles. The van der Waals surface area contributed by atoms with E-state index in [2.05, 4.69) is 11.6 Å². The fraction of sp³-hybridized carbons (Fsp3) is 0.0870. The molecule has 2 aromatic carbocycles. The van der Waals surface area contributed by atoms with E-state index in [4.69, 9.17) is 9.15 Å². The topological polar surface area (TPSA) is 72.6 Å². The molecule has 1 aliphatic rings. The number of fused-ring (bicyclic) bond motifs is 2. The van der Waals surface area contributed by atoms with E-state index < -0.39 is 6.04 Å². The molecule has 1 aliphatic heterocycles. The summed E-state index contributed by atoms with van der Waals surface area (Å²) in [4.78, 5) is 32.5. The van der Waals surface area contributed by atoms with Crippen molar-refractivity contribution in [1.29, 1.82) is 0 Å². The number of para-hydroxylation sites is 1. The summed E-state index contributed by atoms with van der Waals surface area (Å²) >= 11 is 1.33. The smallest absolute Gasteiger partial charge is 0.297 e. The first-order valence-electron chi connectivity index (χ1n) is 9.31. The van der Waals surface area contributed by atoms with Crippen LogP contribution < -0.4 is 15.1 Å². The zero-order chi connectivity index (χ0) is 20.7. The molecule has 0 aliphatic carbocycles. The molecule has 0 radical (unpaired) electrons. The third kappa shape index (κ3) is 2.83. The summed E-state index contributed by atoms with van der Waals surface area (Å²) in [7, 11) is 0. The summed E-state index contributed by atoms with van der Waals surface area (Å²) in [5.74, 6) is 0.361. The Morgan fingerprint density at radius 2 is 1.97 bits per heavy atom. The van der Waals surface area contributed by atoms with E-state index >= 15 is 0 Å². The Morgan fingerprint density at radius 3 is 2.70 bits per heavy atom. The van der Waals surface area contributed by atoms with Gasteiger partial charge in [0.2, 0.25) is 5.76 Å². The standard InChI is InChI=1S/C23H16N2O4S/c1-2-12-28-15-9-7-14(8-10-15)19-18-20(26)16-5-3-4-6-17(16)29-21(18)22(27)25(19)23-24-11-13-30-23/h2-11,13,19H,1,12H2/t19-/m1/s1. The van der Waals surface area contributed by atoms with Gasteiger partial charge in [0, 0.05) is 11.6 Å². The van der Waals surface area contributed by atoms with Crippen LogP contribution in [0.2, 0.25) is 0 Å². The predicted molar refractivity (Wildman–Crippen MR) is 115 cm³/mol. The molecule has 2 aromatic heterocycles. The van der Waals surface area contributed by atoms with Crippen LogP contribution in [0.25, 0.3) is 11.0 Å². The van der Waals surface area contributed by atoms with Crippen LogP contribution in [0.1, 0.15) is 27.7 Å². The molecule has 0 saturated carbocycles. The normalized spacial score (nSPS) is 15.4. The van der Waals surface area contributed by atoms with Crippen molar-refractivity contribution in [2.45, 2.75) is 6.04 Å². The molecule has 0 saturated heterocycles. The van der Waals surface area contributed by atoms with Crippen LogP contribution >= 0.6 is 11.3 Å². The molecule has 1 amide bonds. The van der Waals surface area contributed by atoms with Gasteiger partial charge in [-0.05, 0) is 29.8 Å². The van der Waals surface area contributed by atoms with Crippen molar-refractivity contribution >= 4 is 33.3 Å². The van der Waals surface area contributed by atoms with E-state index in [0.29, 0.717) is 34.0 Å². The van der Waals surface area contributed by atoms with E-state index in [1.165, 1.54) is 16.2 Å². The van der Waals surface area contributed by atoms with Crippen LogP contribution in [-0.2, 0) is 0 Å². The van der Waals surface area contributed by atoms with Crippen molar-refractivity contribution < 1.29 is 13.9 Å². The number of ether oxygens (including phenoxy) is 1. The van der Waals surface area contributed by atoms with Gasteiger partial charge in [-0.15, -0.1) is 11.3 Å². The molecular weight excluding hydrogens is 400 g/mol. The number of carbonyl (C=O) groups is 1. The lowest BCUT2D eigenvalue weighted by molar-refractivity contribution is 0.0971. The third-order valence-corrected chi connectivity index (χ3v) is 5.74. The van der Waals surface area contributed by atoms with Crippen LogP contribution in [0.5, 0.6) is 5.75 Å². The van der Waals surface area contributed by atoms with Gasteiger partial charge < -0.3 is 9.15 Å². The van der Waals surface area contributed by atoms with Crippen molar-refractivity contribution in [3.63, 3.8) is 0 Å². The second kappa shape index (κ2) is 7.27. The molecule has 7 heteroatoms. The van der Waals surface area contributed by atoms with Crippen LogP contribution in [0.15, 0.2) is 82.0 Å². The lowest BCUT2D eigenvalue weighted by atomic mass is 9.98. The van der Waals surface area contributed by atoms with E-state index in [1.54, 1.807) is 41.9 Å². The summed E-state index contributed by atoms with van der Waals surface area (Å²) < 4.78 is 11.5. The van der Waals surface area contributed by atoms with Crippen molar-refractivity contribution in [3.05, 3.63) is 99.9 Å². The van der Waals surface area contributed by atoms with Crippen molar-refractivity contribution in [2.24, 2.45) is 0 Å². The molecule has 0 spiro atoms. The highest BCUT2D eigenvalue weighted by molar-refractivity contribution is 7.13. The second-order valence-electron chi connectivity index (χ2n) is 6.73. The quantitative estimate of drug-likeness (QED) is 0.446. The zero-order valence-electron chi connectivity index (χ0n) is 15.8. The first-order valence-corrected chi connectivity index (χ1v) is 10.2. The maximum Gasteiger partial charge on any atom is 0.297 e. The Balaban J connectivity index is 1.71. The number of hydrogen-bond donors (Lipinski definition) is 0. The Kier molecular flexibility index (Phi) is 4.44. The number of thiazole rings is 1. The zero-order valence-corrected chi connectivity index (χ0v) is 16.6. The fourth-order valence-electron chi connectivity index (χ4n) is 3.67. The van der Waals surface area contributed by atoms with Crippen LogP contribution in [0.3, 0.4) is 0 Å². The van der Waals surface area contributed by atoms with Crippen LogP contribution in [0, 0.1) is 0 Å². The van der Waals surface area contributed by atoms with Crippen molar-refractivity contribution in [1.82, 2.24) is 4.98 Å². The van der Waals surface area contributed by atoms with Gasteiger partial charge in [-0.25, -0.2) is 4.98 Å². The van der Waals surface area contributed by atoms with Crippen molar-refractivity contribution in [3.8, 4) is 5.75 Å². The van der Waals surface area contributed by atoms with E-state index in [0.717, 1.165) is 5.56 Å². The first-order chi connectivity index (χ1) is 14.7. The number of nitrogens with zero attached hydrogens (tertiary/aromatic N) is 2. The minimum atomic E-state index is -0.632. The molecule has 4 aromatic rings. The minimum Gasteiger partial charge on any atom is -0.490 e. The molecule has 0 bridgehead atoms. The number of hydrogen-bond acceptors (Lipinski definition) is 6. The Labute approximate surface area is 175 Å². The molecule has 0 N–H and O–H groups in total. The van der Waals surface area contributed by atoms with Gasteiger partial charge in [0.1, 0.15) is 17.9 Å². The molecule has 0 fully saturated rings. The third-order valence-electron chi connectivity index (χ3n) is 4.97. The fourth-order valence-corrected chi connectivity index (χ4v) is 4.34. The Morgan fingerprint density at radius 1 is 1.17 bits per heavy atom. The van der Waals surface area contributed by atoms with E-state index in [-0.39, 0.29) is 17.1 Å². The molecular formula is C23H16N2O4S.